The van der Waals surface area contributed by atoms with Crippen molar-refractivity contribution in [1.82, 2.24) is 19.8 Å². The highest BCUT2D eigenvalue weighted by Gasteiger charge is 2.24. The molecule has 2 aromatic rings. The van der Waals surface area contributed by atoms with Gasteiger partial charge in [-0.3, -0.25) is 9.59 Å². The average molecular weight is 371 g/mol. The molecule has 1 aliphatic heterocycles. The van der Waals surface area contributed by atoms with Gasteiger partial charge in [-0.15, -0.1) is 0 Å². The number of hydrogen-bond donors (Lipinski definition) is 1. The monoisotopic (exact) mass is 371 g/mol. The van der Waals surface area contributed by atoms with Crippen molar-refractivity contribution in [3.8, 4) is 0 Å². The van der Waals surface area contributed by atoms with E-state index in [4.69, 9.17) is 4.42 Å². The van der Waals surface area contributed by atoms with Crippen LogP contribution in [0, 0.1) is 6.92 Å². The number of rotatable bonds is 1. The van der Waals surface area contributed by atoms with E-state index in [2.05, 4.69) is 15.3 Å². The predicted octanol–water partition coefficient (Wildman–Crippen LogP) is 1.73. The first-order valence-corrected chi connectivity index (χ1v) is 9.17. The Balaban J connectivity index is 1.79. The molecular formula is C19H25N5O3. The first kappa shape index (κ1) is 18.9. The Hall–Kier alpha value is -2.90. The van der Waals surface area contributed by atoms with Gasteiger partial charge in [-0.05, 0) is 38.3 Å². The van der Waals surface area contributed by atoms with Gasteiger partial charge in [0.2, 0.25) is 5.91 Å². The van der Waals surface area contributed by atoms with Crippen molar-refractivity contribution in [3.05, 3.63) is 41.7 Å². The first-order valence-electron chi connectivity index (χ1n) is 9.17. The van der Waals surface area contributed by atoms with E-state index in [9.17, 15) is 9.59 Å². The molecule has 0 saturated heterocycles. The van der Waals surface area contributed by atoms with Crippen molar-refractivity contribution < 1.29 is 14.0 Å². The van der Waals surface area contributed by atoms with Crippen molar-refractivity contribution in [1.29, 1.82) is 0 Å². The number of anilines is 1. The van der Waals surface area contributed by atoms with E-state index in [1.165, 1.54) is 6.39 Å². The molecule has 0 atom stereocenters. The standard InChI is InChI=1S/C19H25N5O3/c1-14-18(21-13-27-14)19(26)24-11-4-7-15-6-3-8-16(22-15)20-9-5-10-23(2)17(25)12-24/h3,6,8,13H,4-5,7,9-12H2,1-2H3,(H,20,22). The Morgan fingerprint density at radius 1 is 1.26 bits per heavy atom. The van der Waals surface area contributed by atoms with E-state index in [0.717, 1.165) is 30.9 Å². The van der Waals surface area contributed by atoms with Crippen molar-refractivity contribution in [2.45, 2.75) is 26.2 Å². The van der Waals surface area contributed by atoms with E-state index >= 15 is 0 Å². The van der Waals surface area contributed by atoms with E-state index < -0.39 is 0 Å². The lowest BCUT2D eigenvalue weighted by atomic mass is 10.2. The number of aromatic nitrogens is 2. The zero-order chi connectivity index (χ0) is 19.2. The SMILES string of the molecule is Cc1ocnc1C(=O)N1CCCc2cccc(n2)NCCCN(C)C(=O)C1. The van der Waals surface area contributed by atoms with E-state index in [0.29, 0.717) is 25.3 Å². The van der Waals surface area contributed by atoms with E-state index in [1.807, 2.05) is 18.2 Å². The molecule has 2 amide bonds. The van der Waals surface area contributed by atoms with Gasteiger partial charge in [-0.25, -0.2) is 9.97 Å². The van der Waals surface area contributed by atoms with Gasteiger partial charge in [0.25, 0.3) is 5.91 Å². The molecule has 2 bridgehead atoms. The summed E-state index contributed by atoms with van der Waals surface area (Å²) in [5.74, 6) is 0.932. The summed E-state index contributed by atoms with van der Waals surface area (Å²) in [4.78, 5) is 37.3. The fourth-order valence-corrected chi connectivity index (χ4v) is 3.02. The minimum Gasteiger partial charge on any atom is -0.448 e. The minimum absolute atomic E-state index is 0.0303. The fourth-order valence-electron chi connectivity index (χ4n) is 3.02. The molecule has 0 radical (unpaired) electrons. The second kappa shape index (κ2) is 8.66. The van der Waals surface area contributed by atoms with E-state index in [-0.39, 0.29) is 24.1 Å². The van der Waals surface area contributed by atoms with Crippen LogP contribution in [-0.4, -0.2) is 64.8 Å². The summed E-state index contributed by atoms with van der Waals surface area (Å²) >= 11 is 0. The molecule has 0 saturated carbocycles. The molecule has 0 aliphatic carbocycles. The van der Waals surface area contributed by atoms with Crippen LogP contribution >= 0.6 is 0 Å². The zero-order valence-corrected chi connectivity index (χ0v) is 15.8. The molecule has 8 heteroatoms. The number of oxazole rings is 1. The highest BCUT2D eigenvalue weighted by Crippen LogP contribution is 2.12. The number of pyridine rings is 1. The van der Waals surface area contributed by atoms with Crippen LogP contribution < -0.4 is 5.32 Å². The van der Waals surface area contributed by atoms with Crippen LogP contribution in [0.25, 0.3) is 0 Å². The van der Waals surface area contributed by atoms with Gasteiger partial charge in [-0.2, -0.15) is 0 Å². The molecule has 2 aromatic heterocycles. The molecule has 0 fully saturated rings. The van der Waals surface area contributed by atoms with Crippen LogP contribution in [-0.2, 0) is 11.2 Å². The third-order valence-electron chi connectivity index (χ3n) is 4.63. The second-order valence-corrected chi connectivity index (χ2v) is 6.70. The molecule has 3 rings (SSSR count). The molecule has 0 unspecified atom stereocenters. The highest BCUT2D eigenvalue weighted by atomic mass is 16.3. The maximum atomic E-state index is 12.9. The number of amides is 2. The molecule has 27 heavy (non-hydrogen) atoms. The summed E-state index contributed by atoms with van der Waals surface area (Å²) in [6.45, 7) is 3.51. The van der Waals surface area contributed by atoms with Crippen LogP contribution in [0.4, 0.5) is 5.82 Å². The van der Waals surface area contributed by atoms with Gasteiger partial charge in [0.15, 0.2) is 12.1 Å². The van der Waals surface area contributed by atoms with Crippen molar-refractivity contribution in [2.24, 2.45) is 0 Å². The minimum atomic E-state index is -0.279. The van der Waals surface area contributed by atoms with Gasteiger partial charge < -0.3 is 19.5 Å². The Bertz CT molecular complexity index is 804. The average Bonchev–Trinajstić information content (AvgIpc) is 3.09. The third-order valence-corrected chi connectivity index (χ3v) is 4.63. The summed E-state index contributed by atoms with van der Waals surface area (Å²) in [5, 5.41) is 3.29. The summed E-state index contributed by atoms with van der Waals surface area (Å²) in [5.41, 5.74) is 1.22. The smallest absolute Gasteiger partial charge is 0.276 e. The van der Waals surface area contributed by atoms with Crippen LogP contribution in [0.2, 0.25) is 0 Å². The molecule has 1 N–H and O–H groups in total. The van der Waals surface area contributed by atoms with Gasteiger partial charge >= 0.3 is 0 Å². The predicted molar refractivity (Wildman–Crippen MR) is 100 cm³/mol. The Kier molecular flexibility index (Phi) is 6.05. The maximum absolute atomic E-state index is 12.9. The number of likely N-dealkylation sites (N-methyl/N-ethyl adjacent to an activating group) is 1. The number of hydrogen-bond acceptors (Lipinski definition) is 6. The maximum Gasteiger partial charge on any atom is 0.276 e. The number of nitrogens with one attached hydrogen (secondary N) is 1. The molecule has 0 aromatic carbocycles. The van der Waals surface area contributed by atoms with Gasteiger partial charge in [0.05, 0.1) is 0 Å². The fraction of sp³-hybridized carbons (Fsp3) is 0.474. The Morgan fingerprint density at radius 3 is 2.89 bits per heavy atom. The largest absolute Gasteiger partial charge is 0.448 e. The van der Waals surface area contributed by atoms with Gasteiger partial charge in [0, 0.05) is 32.4 Å². The number of fused-ring (bicyclic) bond motifs is 2. The van der Waals surface area contributed by atoms with Crippen molar-refractivity contribution in [3.63, 3.8) is 0 Å². The summed E-state index contributed by atoms with van der Waals surface area (Å²) in [6, 6.07) is 5.89. The van der Waals surface area contributed by atoms with Gasteiger partial charge in [0.1, 0.15) is 18.1 Å². The molecule has 0 spiro atoms. The number of carbonyl (C=O) groups excluding carboxylic acids is 2. The molecule has 8 nitrogen and oxygen atoms in total. The normalized spacial score (nSPS) is 16.6. The van der Waals surface area contributed by atoms with Crippen LogP contribution in [0.5, 0.6) is 0 Å². The molecule has 3 heterocycles. The second-order valence-electron chi connectivity index (χ2n) is 6.70. The first-order chi connectivity index (χ1) is 13.0. The number of carbonyl (C=O) groups is 2. The topological polar surface area (TPSA) is 91.6 Å². The molecule has 144 valence electrons. The zero-order valence-electron chi connectivity index (χ0n) is 15.8. The van der Waals surface area contributed by atoms with Crippen molar-refractivity contribution >= 4 is 17.6 Å². The van der Waals surface area contributed by atoms with Crippen LogP contribution in [0.15, 0.2) is 29.0 Å². The summed E-state index contributed by atoms with van der Waals surface area (Å²) in [6.07, 6.45) is 3.48. The Morgan fingerprint density at radius 2 is 2.11 bits per heavy atom. The lowest BCUT2D eigenvalue weighted by molar-refractivity contribution is -0.130. The lowest BCUT2D eigenvalue weighted by Crippen LogP contribution is -2.43. The van der Waals surface area contributed by atoms with E-state index in [1.54, 1.807) is 23.8 Å². The van der Waals surface area contributed by atoms with Crippen LogP contribution in [0.3, 0.4) is 0 Å². The van der Waals surface area contributed by atoms with Crippen molar-refractivity contribution in [2.75, 3.05) is 38.5 Å². The van der Waals surface area contributed by atoms with Crippen LogP contribution in [0.1, 0.15) is 34.8 Å². The molecule has 1 aliphatic rings. The number of aryl methyl sites for hydroxylation is 2. The quantitative estimate of drug-likeness (QED) is 0.821. The number of nitrogens with zero attached hydrogens (tertiary/aromatic N) is 4. The van der Waals surface area contributed by atoms with Gasteiger partial charge in [-0.1, -0.05) is 6.07 Å². The highest BCUT2D eigenvalue weighted by molar-refractivity contribution is 5.95. The summed E-state index contributed by atoms with van der Waals surface area (Å²) in [7, 11) is 1.76. The lowest BCUT2D eigenvalue weighted by Gasteiger charge is -2.25. The molecular weight excluding hydrogens is 346 g/mol. The summed E-state index contributed by atoms with van der Waals surface area (Å²) < 4.78 is 5.15. The third kappa shape index (κ3) is 4.84. The Labute approximate surface area is 158 Å².